The summed E-state index contributed by atoms with van der Waals surface area (Å²) >= 11 is 0. The first kappa shape index (κ1) is 14.6. The van der Waals surface area contributed by atoms with Gasteiger partial charge >= 0.3 is 0 Å². The molecule has 0 N–H and O–H groups in total. The van der Waals surface area contributed by atoms with E-state index in [9.17, 15) is 4.79 Å². The fourth-order valence-corrected chi connectivity index (χ4v) is 2.96. The van der Waals surface area contributed by atoms with E-state index in [1.54, 1.807) is 20.2 Å². The molecule has 2 aromatic heterocycles. The lowest BCUT2D eigenvalue weighted by Crippen LogP contribution is -2.17. The van der Waals surface area contributed by atoms with Gasteiger partial charge in [-0.15, -0.1) is 10.2 Å². The summed E-state index contributed by atoms with van der Waals surface area (Å²) in [7, 11) is 1.61. The Balaban J connectivity index is 1.79. The second-order valence-corrected chi connectivity index (χ2v) is 5.68. The van der Waals surface area contributed by atoms with Crippen LogP contribution in [0.4, 0.5) is 0 Å². The number of ether oxygens (including phenoxy) is 1. The molecule has 1 aliphatic heterocycles. The summed E-state index contributed by atoms with van der Waals surface area (Å²) in [5, 5.41) is 8.25. The summed E-state index contributed by atoms with van der Waals surface area (Å²) in [6, 6.07) is 5.70. The fourth-order valence-electron chi connectivity index (χ4n) is 2.96. The number of oxazole rings is 1. The van der Waals surface area contributed by atoms with E-state index in [0.717, 1.165) is 24.1 Å². The highest BCUT2D eigenvalue weighted by Crippen LogP contribution is 2.34. The molecule has 0 saturated heterocycles. The molecule has 1 aliphatic rings. The maximum absolute atomic E-state index is 11.9. The van der Waals surface area contributed by atoms with Crippen LogP contribution in [0.15, 0.2) is 28.8 Å². The van der Waals surface area contributed by atoms with E-state index < -0.39 is 0 Å². The number of carbonyl (C=O) groups excluding carboxylic acids is 1. The quantitative estimate of drug-likeness (QED) is 0.736. The average molecular weight is 324 g/mol. The third kappa shape index (κ3) is 2.29. The van der Waals surface area contributed by atoms with Crippen molar-refractivity contribution in [3.05, 3.63) is 36.1 Å². The second kappa shape index (κ2) is 5.59. The zero-order valence-electron chi connectivity index (χ0n) is 13.4. The van der Waals surface area contributed by atoms with Crippen LogP contribution in [-0.2, 0) is 6.54 Å². The van der Waals surface area contributed by atoms with Crippen LogP contribution in [0.25, 0.3) is 22.7 Å². The van der Waals surface area contributed by atoms with E-state index in [4.69, 9.17) is 9.15 Å². The third-order valence-corrected chi connectivity index (χ3v) is 4.13. The topological polar surface area (TPSA) is 83.0 Å². The predicted octanol–water partition coefficient (Wildman–Crippen LogP) is 2.89. The monoisotopic (exact) mass is 324 g/mol. The van der Waals surface area contributed by atoms with Gasteiger partial charge in [-0.1, -0.05) is 6.07 Å². The molecule has 0 spiro atoms. The van der Waals surface area contributed by atoms with Gasteiger partial charge in [0.15, 0.2) is 29.1 Å². The minimum absolute atomic E-state index is 0.0423. The summed E-state index contributed by atoms with van der Waals surface area (Å²) in [5.41, 5.74) is 1.66. The SMILES string of the molecule is COc1cc(-c2nnc3n2CCCC3=O)ccc1-c1cnc(C)o1. The Morgan fingerprint density at radius 3 is 2.83 bits per heavy atom. The molecular weight excluding hydrogens is 308 g/mol. The Morgan fingerprint density at radius 2 is 2.08 bits per heavy atom. The van der Waals surface area contributed by atoms with E-state index in [2.05, 4.69) is 15.2 Å². The van der Waals surface area contributed by atoms with Crippen molar-refractivity contribution in [1.82, 2.24) is 19.7 Å². The van der Waals surface area contributed by atoms with Gasteiger partial charge < -0.3 is 13.7 Å². The number of hydrogen-bond donors (Lipinski definition) is 0. The number of hydrogen-bond acceptors (Lipinski definition) is 6. The molecule has 0 bridgehead atoms. The number of ketones is 1. The van der Waals surface area contributed by atoms with Gasteiger partial charge in [-0.3, -0.25) is 4.79 Å². The van der Waals surface area contributed by atoms with Crippen LogP contribution < -0.4 is 4.74 Å². The number of rotatable bonds is 3. The smallest absolute Gasteiger partial charge is 0.200 e. The molecule has 1 aromatic carbocycles. The minimum Gasteiger partial charge on any atom is -0.496 e. The van der Waals surface area contributed by atoms with Crippen molar-refractivity contribution in [2.75, 3.05) is 7.11 Å². The number of methoxy groups -OCH3 is 1. The molecule has 7 nitrogen and oxygen atoms in total. The van der Waals surface area contributed by atoms with Crippen molar-refractivity contribution < 1.29 is 13.9 Å². The van der Waals surface area contributed by atoms with E-state index in [0.29, 0.717) is 35.5 Å². The molecule has 3 aromatic rings. The van der Waals surface area contributed by atoms with Gasteiger partial charge in [0.2, 0.25) is 0 Å². The van der Waals surface area contributed by atoms with Gasteiger partial charge in [0.1, 0.15) is 5.75 Å². The van der Waals surface area contributed by atoms with Crippen LogP contribution in [0.5, 0.6) is 5.75 Å². The van der Waals surface area contributed by atoms with Crippen molar-refractivity contribution in [2.45, 2.75) is 26.3 Å². The van der Waals surface area contributed by atoms with Gasteiger partial charge in [-0.2, -0.15) is 0 Å². The summed E-state index contributed by atoms with van der Waals surface area (Å²) in [6.07, 6.45) is 3.01. The van der Waals surface area contributed by atoms with Crippen LogP contribution in [0.3, 0.4) is 0 Å². The lowest BCUT2D eigenvalue weighted by Gasteiger charge is -2.14. The Bertz CT molecular complexity index is 926. The average Bonchev–Trinajstić information content (AvgIpc) is 3.21. The molecular formula is C17H16N4O3. The molecule has 0 unspecified atom stereocenters. The first-order chi connectivity index (χ1) is 11.7. The van der Waals surface area contributed by atoms with Crippen LogP contribution in [0.2, 0.25) is 0 Å². The summed E-state index contributed by atoms with van der Waals surface area (Å²) in [4.78, 5) is 16.0. The summed E-state index contributed by atoms with van der Waals surface area (Å²) in [6.45, 7) is 2.54. The maximum Gasteiger partial charge on any atom is 0.200 e. The molecule has 0 fully saturated rings. The normalized spacial score (nSPS) is 13.8. The van der Waals surface area contributed by atoms with Crippen molar-refractivity contribution in [1.29, 1.82) is 0 Å². The second-order valence-electron chi connectivity index (χ2n) is 5.68. The lowest BCUT2D eigenvalue weighted by atomic mass is 10.1. The van der Waals surface area contributed by atoms with E-state index >= 15 is 0 Å². The number of aromatic nitrogens is 4. The van der Waals surface area contributed by atoms with Gasteiger partial charge in [0, 0.05) is 25.5 Å². The standard InChI is InChI=1S/C17H16N4O3/c1-10-18-9-15(24-10)12-6-5-11(8-14(12)23-2)16-19-20-17-13(22)4-3-7-21(16)17/h5-6,8-9H,3-4,7H2,1-2H3. The molecule has 122 valence electrons. The van der Waals surface area contributed by atoms with Crippen molar-refractivity contribution in [3.8, 4) is 28.5 Å². The Labute approximate surface area is 138 Å². The van der Waals surface area contributed by atoms with Gasteiger partial charge in [0.05, 0.1) is 18.9 Å². The molecule has 24 heavy (non-hydrogen) atoms. The van der Waals surface area contributed by atoms with E-state index in [-0.39, 0.29) is 5.78 Å². The number of benzene rings is 1. The Morgan fingerprint density at radius 1 is 1.25 bits per heavy atom. The number of aryl methyl sites for hydroxylation is 1. The number of nitrogens with zero attached hydrogens (tertiary/aromatic N) is 4. The van der Waals surface area contributed by atoms with Crippen LogP contribution in [0, 0.1) is 6.92 Å². The maximum atomic E-state index is 11.9. The molecule has 0 radical (unpaired) electrons. The Hall–Kier alpha value is -2.96. The molecule has 0 aliphatic carbocycles. The molecule has 0 amide bonds. The predicted molar refractivity (Wildman–Crippen MR) is 85.8 cm³/mol. The minimum atomic E-state index is 0.0423. The number of fused-ring (bicyclic) bond motifs is 1. The molecule has 3 heterocycles. The first-order valence-corrected chi connectivity index (χ1v) is 7.75. The highest BCUT2D eigenvalue weighted by molar-refractivity contribution is 5.93. The zero-order valence-corrected chi connectivity index (χ0v) is 13.4. The molecule has 7 heteroatoms. The summed E-state index contributed by atoms with van der Waals surface area (Å²) < 4.78 is 13.0. The van der Waals surface area contributed by atoms with E-state index in [1.807, 2.05) is 22.8 Å². The van der Waals surface area contributed by atoms with E-state index in [1.165, 1.54) is 0 Å². The highest BCUT2D eigenvalue weighted by Gasteiger charge is 2.24. The third-order valence-electron chi connectivity index (χ3n) is 4.13. The van der Waals surface area contributed by atoms with Gasteiger partial charge in [0.25, 0.3) is 0 Å². The lowest BCUT2D eigenvalue weighted by molar-refractivity contribution is 0.0949. The molecule has 0 saturated carbocycles. The molecule has 4 rings (SSSR count). The van der Waals surface area contributed by atoms with Crippen LogP contribution >= 0.6 is 0 Å². The largest absolute Gasteiger partial charge is 0.496 e. The van der Waals surface area contributed by atoms with Crippen molar-refractivity contribution >= 4 is 5.78 Å². The van der Waals surface area contributed by atoms with Crippen molar-refractivity contribution in [2.24, 2.45) is 0 Å². The summed E-state index contributed by atoms with van der Waals surface area (Å²) in [5.74, 6) is 3.06. The number of Topliss-reactive ketones (excluding diaryl/α,β-unsaturated/α-hetero) is 1. The molecule has 0 atom stereocenters. The fraction of sp³-hybridized carbons (Fsp3) is 0.294. The van der Waals surface area contributed by atoms with Crippen molar-refractivity contribution in [3.63, 3.8) is 0 Å². The van der Waals surface area contributed by atoms with Crippen LogP contribution in [-0.4, -0.2) is 32.6 Å². The van der Waals surface area contributed by atoms with Gasteiger partial charge in [-0.05, 0) is 18.6 Å². The number of carbonyl (C=O) groups is 1. The highest BCUT2D eigenvalue weighted by atomic mass is 16.5. The first-order valence-electron chi connectivity index (χ1n) is 7.75. The zero-order chi connectivity index (χ0) is 16.7. The van der Waals surface area contributed by atoms with Crippen LogP contribution in [0.1, 0.15) is 29.4 Å². The van der Waals surface area contributed by atoms with Gasteiger partial charge in [-0.25, -0.2) is 4.98 Å². The Kier molecular flexibility index (Phi) is 3.41.